The van der Waals surface area contributed by atoms with Gasteiger partial charge in [-0.2, -0.15) is 0 Å². The average Bonchev–Trinajstić information content (AvgIpc) is 2.37. The smallest absolute Gasteiger partial charge is 0.321 e. The molecule has 0 fully saturated rings. The molecular formula is C14H20FN4O3+. The molecule has 0 aliphatic heterocycles. The van der Waals surface area contributed by atoms with Crippen LogP contribution in [0, 0.1) is 5.82 Å². The van der Waals surface area contributed by atoms with E-state index in [1.54, 1.807) is 20.0 Å². The summed E-state index contributed by atoms with van der Waals surface area (Å²) in [5.41, 5.74) is 0.351. The van der Waals surface area contributed by atoms with Crippen LogP contribution < -0.4 is 20.9 Å². The SMILES string of the molecule is CCNC(=O)NC(=O)C[NH+](C)CC(=O)Nc1cccc(F)c1. The molecule has 0 spiro atoms. The van der Waals surface area contributed by atoms with Gasteiger partial charge in [-0.05, 0) is 25.1 Å². The Labute approximate surface area is 127 Å². The zero-order valence-corrected chi connectivity index (χ0v) is 12.5. The number of hydrogen-bond acceptors (Lipinski definition) is 3. The maximum Gasteiger partial charge on any atom is 0.321 e. The van der Waals surface area contributed by atoms with E-state index in [-0.39, 0.29) is 19.0 Å². The molecule has 1 aromatic carbocycles. The number of urea groups is 1. The van der Waals surface area contributed by atoms with Crippen molar-refractivity contribution in [2.24, 2.45) is 0 Å². The summed E-state index contributed by atoms with van der Waals surface area (Å²) in [4.78, 5) is 35.1. The van der Waals surface area contributed by atoms with Crippen molar-refractivity contribution < 1.29 is 23.7 Å². The summed E-state index contributed by atoms with van der Waals surface area (Å²) in [7, 11) is 1.64. The molecule has 0 aromatic heterocycles. The number of benzene rings is 1. The summed E-state index contributed by atoms with van der Waals surface area (Å²) in [5.74, 6) is -1.28. The van der Waals surface area contributed by atoms with Crippen molar-refractivity contribution in [2.45, 2.75) is 6.92 Å². The first-order chi connectivity index (χ1) is 10.4. The van der Waals surface area contributed by atoms with E-state index in [4.69, 9.17) is 0 Å². The van der Waals surface area contributed by atoms with E-state index in [0.717, 1.165) is 0 Å². The summed E-state index contributed by atoms with van der Waals surface area (Å²) in [6.07, 6.45) is 0. The standard InChI is InChI=1S/C14H19FN4O3/c1-3-16-14(22)18-13(21)9-19(2)8-12(20)17-11-6-4-5-10(15)7-11/h4-7H,3,8-9H2,1-2H3,(H,17,20)(H2,16,18,21,22)/p+1. The van der Waals surface area contributed by atoms with Crippen LogP contribution in [0.2, 0.25) is 0 Å². The van der Waals surface area contributed by atoms with Crippen LogP contribution in [0.4, 0.5) is 14.9 Å². The van der Waals surface area contributed by atoms with Crippen molar-refractivity contribution in [1.82, 2.24) is 10.6 Å². The number of halogens is 1. The number of rotatable bonds is 6. The Morgan fingerprint density at radius 1 is 1.18 bits per heavy atom. The van der Waals surface area contributed by atoms with Crippen molar-refractivity contribution in [3.63, 3.8) is 0 Å². The fourth-order valence-corrected chi connectivity index (χ4v) is 1.76. The predicted octanol–water partition coefficient (Wildman–Crippen LogP) is -0.875. The maximum atomic E-state index is 13.0. The number of nitrogens with one attached hydrogen (secondary N) is 4. The van der Waals surface area contributed by atoms with E-state index in [9.17, 15) is 18.8 Å². The van der Waals surface area contributed by atoms with Crippen LogP contribution >= 0.6 is 0 Å². The number of anilines is 1. The van der Waals surface area contributed by atoms with Crippen LogP contribution in [0.5, 0.6) is 0 Å². The van der Waals surface area contributed by atoms with Gasteiger partial charge in [0, 0.05) is 12.2 Å². The molecule has 4 amide bonds. The van der Waals surface area contributed by atoms with Crippen molar-refractivity contribution in [3.05, 3.63) is 30.1 Å². The number of quaternary nitrogens is 1. The molecule has 1 aromatic rings. The molecule has 0 heterocycles. The van der Waals surface area contributed by atoms with Gasteiger partial charge in [-0.15, -0.1) is 0 Å². The van der Waals surface area contributed by atoms with Crippen LogP contribution in [0.1, 0.15) is 6.92 Å². The quantitative estimate of drug-likeness (QED) is 0.550. The van der Waals surface area contributed by atoms with E-state index in [0.29, 0.717) is 17.1 Å². The topological polar surface area (TPSA) is 91.7 Å². The first kappa shape index (κ1) is 17.6. The lowest BCUT2D eigenvalue weighted by Gasteiger charge is -2.13. The highest BCUT2D eigenvalue weighted by Crippen LogP contribution is 2.08. The maximum absolute atomic E-state index is 13.0. The highest BCUT2D eigenvalue weighted by molar-refractivity contribution is 5.95. The number of hydrogen-bond donors (Lipinski definition) is 4. The Morgan fingerprint density at radius 3 is 2.50 bits per heavy atom. The molecule has 4 N–H and O–H groups in total. The lowest BCUT2D eigenvalue weighted by atomic mass is 10.3. The number of carbonyl (C=O) groups excluding carboxylic acids is 3. The van der Waals surface area contributed by atoms with Gasteiger partial charge in [-0.25, -0.2) is 9.18 Å². The first-order valence-electron chi connectivity index (χ1n) is 6.85. The summed E-state index contributed by atoms with van der Waals surface area (Å²) in [5, 5.41) is 7.12. The van der Waals surface area contributed by atoms with E-state index in [2.05, 4.69) is 16.0 Å². The summed E-state index contributed by atoms with van der Waals surface area (Å²) >= 11 is 0. The fourth-order valence-electron chi connectivity index (χ4n) is 1.76. The molecule has 8 heteroatoms. The van der Waals surface area contributed by atoms with Crippen molar-refractivity contribution >= 4 is 23.5 Å². The Hall–Kier alpha value is -2.48. The second-order valence-corrected chi connectivity index (χ2v) is 4.78. The molecule has 1 rings (SSSR count). The number of carbonyl (C=O) groups is 3. The summed E-state index contributed by atoms with van der Waals surface area (Å²) in [6, 6.07) is 4.97. The second-order valence-electron chi connectivity index (χ2n) is 4.78. The minimum atomic E-state index is -0.565. The monoisotopic (exact) mass is 311 g/mol. The molecule has 0 saturated carbocycles. The Morgan fingerprint density at radius 2 is 1.86 bits per heavy atom. The van der Waals surface area contributed by atoms with Gasteiger partial charge >= 0.3 is 6.03 Å². The zero-order valence-electron chi connectivity index (χ0n) is 12.5. The lowest BCUT2D eigenvalue weighted by molar-refractivity contribution is -0.862. The Kier molecular flexibility index (Phi) is 6.97. The Bertz CT molecular complexity index is 551. The third-order valence-corrected chi connectivity index (χ3v) is 2.62. The molecule has 22 heavy (non-hydrogen) atoms. The molecule has 120 valence electrons. The highest BCUT2D eigenvalue weighted by Gasteiger charge is 2.16. The fraction of sp³-hybridized carbons (Fsp3) is 0.357. The van der Waals surface area contributed by atoms with Gasteiger partial charge in [0.25, 0.3) is 11.8 Å². The third-order valence-electron chi connectivity index (χ3n) is 2.62. The van der Waals surface area contributed by atoms with Gasteiger partial charge in [0.15, 0.2) is 13.1 Å². The van der Waals surface area contributed by atoms with Gasteiger partial charge in [-0.3, -0.25) is 14.9 Å². The normalized spacial score (nSPS) is 11.4. The van der Waals surface area contributed by atoms with E-state index < -0.39 is 17.8 Å². The van der Waals surface area contributed by atoms with Gasteiger partial charge in [-0.1, -0.05) is 6.07 Å². The predicted molar refractivity (Wildman–Crippen MR) is 78.9 cm³/mol. The minimum absolute atomic E-state index is 0.0132. The van der Waals surface area contributed by atoms with Gasteiger partial charge in [0.2, 0.25) is 0 Å². The molecule has 0 saturated heterocycles. The second kappa shape index (κ2) is 8.73. The molecule has 7 nitrogen and oxygen atoms in total. The summed E-state index contributed by atoms with van der Waals surface area (Å²) in [6.45, 7) is 2.13. The molecule has 0 aliphatic carbocycles. The minimum Gasteiger partial charge on any atom is -0.338 e. The van der Waals surface area contributed by atoms with E-state index in [1.165, 1.54) is 18.2 Å². The van der Waals surface area contributed by atoms with Crippen LogP contribution in [0.25, 0.3) is 0 Å². The lowest BCUT2D eigenvalue weighted by Crippen LogP contribution is -3.11. The molecular weight excluding hydrogens is 291 g/mol. The van der Waals surface area contributed by atoms with Crippen LogP contribution in [-0.4, -0.2) is 44.5 Å². The van der Waals surface area contributed by atoms with E-state index in [1.807, 2.05) is 0 Å². The molecule has 0 bridgehead atoms. The largest absolute Gasteiger partial charge is 0.338 e. The van der Waals surface area contributed by atoms with Crippen molar-refractivity contribution in [1.29, 1.82) is 0 Å². The van der Waals surface area contributed by atoms with E-state index >= 15 is 0 Å². The highest BCUT2D eigenvalue weighted by atomic mass is 19.1. The van der Waals surface area contributed by atoms with Crippen LogP contribution in [0.15, 0.2) is 24.3 Å². The third kappa shape index (κ3) is 6.80. The number of likely N-dealkylation sites (N-methyl/N-ethyl adjacent to an activating group) is 1. The number of amides is 4. The zero-order chi connectivity index (χ0) is 16.5. The first-order valence-corrected chi connectivity index (χ1v) is 6.85. The molecule has 0 radical (unpaired) electrons. The van der Waals surface area contributed by atoms with Crippen LogP contribution in [-0.2, 0) is 9.59 Å². The Balaban J connectivity index is 2.37. The van der Waals surface area contributed by atoms with Gasteiger partial charge in [0.05, 0.1) is 7.05 Å². The van der Waals surface area contributed by atoms with Gasteiger partial charge < -0.3 is 15.5 Å². The molecule has 0 aliphatic rings. The summed E-state index contributed by atoms with van der Waals surface area (Å²) < 4.78 is 13.0. The van der Waals surface area contributed by atoms with Gasteiger partial charge in [0.1, 0.15) is 5.82 Å². The van der Waals surface area contributed by atoms with Crippen molar-refractivity contribution in [2.75, 3.05) is 32.0 Å². The average molecular weight is 311 g/mol. The number of imide groups is 1. The van der Waals surface area contributed by atoms with Crippen LogP contribution in [0.3, 0.4) is 0 Å². The van der Waals surface area contributed by atoms with Crippen molar-refractivity contribution in [3.8, 4) is 0 Å². The molecule has 1 atom stereocenters. The molecule has 1 unspecified atom stereocenters.